The van der Waals surface area contributed by atoms with Crippen molar-refractivity contribution in [3.63, 3.8) is 0 Å². The predicted molar refractivity (Wildman–Crippen MR) is 66.7 cm³/mol. The van der Waals surface area contributed by atoms with E-state index in [4.69, 9.17) is 28.0 Å². The van der Waals surface area contributed by atoms with E-state index in [1.54, 1.807) is 6.07 Å². The summed E-state index contributed by atoms with van der Waals surface area (Å²) in [6.07, 6.45) is -4.85. The smallest absolute Gasteiger partial charge is 0.404 e. The first kappa shape index (κ1) is 15.6. The van der Waals surface area contributed by atoms with E-state index in [-0.39, 0.29) is 16.4 Å². The number of alkyl halides is 3. The van der Waals surface area contributed by atoms with Gasteiger partial charge < -0.3 is 10.5 Å². The number of hydrogen-bond acceptors (Lipinski definition) is 5. The highest BCUT2D eigenvalue weighted by atomic mass is 35.5. The molecule has 6 nitrogen and oxygen atoms in total. The molecule has 0 bridgehead atoms. The van der Waals surface area contributed by atoms with Gasteiger partial charge in [0.1, 0.15) is 11.8 Å². The van der Waals surface area contributed by atoms with Gasteiger partial charge in [-0.15, -0.1) is 13.2 Å². The molecule has 0 atom stereocenters. The van der Waals surface area contributed by atoms with Crippen LogP contribution in [0.4, 0.5) is 18.9 Å². The molecule has 0 heterocycles. The fourth-order valence-corrected chi connectivity index (χ4v) is 1.26. The number of benzene rings is 1. The Balaban J connectivity index is 2.89. The quantitative estimate of drug-likeness (QED) is 0.451. The molecule has 0 amide bonds. The van der Waals surface area contributed by atoms with Crippen molar-refractivity contribution in [2.24, 2.45) is 10.8 Å². The number of amidine groups is 1. The maximum Gasteiger partial charge on any atom is 0.573 e. The van der Waals surface area contributed by atoms with Crippen molar-refractivity contribution in [2.45, 2.75) is 6.36 Å². The van der Waals surface area contributed by atoms with Crippen molar-refractivity contribution in [2.75, 3.05) is 5.43 Å². The van der Waals surface area contributed by atoms with Crippen molar-refractivity contribution in [3.05, 3.63) is 23.2 Å². The van der Waals surface area contributed by atoms with Crippen LogP contribution in [0.1, 0.15) is 0 Å². The molecule has 0 fully saturated rings. The highest BCUT2D eigenvalue weighted by Gasteiger charge is 2.32. The number of halogens is 4. The van der Waals surface area contributed by atoms with Gasteiger partial charge in [-0.3, -0.25) is 10.8 Å². The summed E-state index contributed by atoms with van der Waals surface area (Å²) in [7, 11) is 0. The van der Waals surface area contributed by atoms with Crippen molar-refractivity contribution in [1.29, 1.82) is 10.7 Å². The standard InChI is InChI=1S/C10H7ClF3N5O/c11-6-3-5(18-19-7(4-15)9(16)17)1-2-8(6)20-10(12,13)14/h1-3,18H,(H3,16,17)/b19-7+. The Bertz CT molecular complexity index is 594. The van der Waals surface area contributed by atoms with E-state index in [1.165, 1.54) is 6.07 Å². The number of hydrazone groups is 1. The van der Waals surface area contributed by atoms with E-state index in [0.717, 1.165) is 12.1 Å². The Hall–Kier alpha value is -2.47. The largest absolute Gasteiger partial charge is 0.573 e. The molecule has 10 heteroatoms. The first-order valence-corrected chi connectivity index (χ1v) is 5.24. The monoisotopic (exact) mass is 305 g/mol. The zero-order valence-electron chi connectivity index (χ0n) is 9.62. The Morgan fingerprint density at radius 2 is 2.15 bits per heavy atom. The van der Waals surface area contributed by atoms with Gasteiger partial charge in [-0.1, -0.05) is 11.6 Å². The summed E-state index contributed by atoms with van der Waals surface area (Å²) >= 11 is 5.60. The lowest BCUT2D eigenvalue weighted by atomic mass is 10.3. The molecular formula is C10H7ClF3N5O. The van der Waals surface area contributed by atoms with Crippen molar-refractivity contribution in [3.8, 4) is 11.8 Å². The average molecular weight is 306 g/mol. The number of nitrogens with one attached hydrogen (secondary N) is 2. The van der Waals surface area contributed by atoms with Crippen LogP contribution >= 0.6 is 11.6 Å². The first-order valence-electron chi connectivity index (χ1n) is 4.86. The minimum atomic E-state index is -4.85. The third kappa shape index (κ3) is 4.66. The van der Waals surface area contributed by atoms with E-state index in [2.05, 4.69) is 15.3 Å². The fourth-order valence-electron chi connectivity index (χ4n) is 1.04. The van der Waals surface area contributed by atoms with Gasteiger partial charge in [-0.05, 0) is 18.2 Å². The summed E-state index contributed by atoms with van der Waals surface area (Å²) in [5.74, 6) is -1.12. The highest BCUT2D eigenvalue weighted by Crippen LogP contribution is 2.32. The summed E-state index contributed by atoms with van der Waals surface area (Å²) in [5.41, 5.74) is 7.20. The molecule has 0 aliphatic rings. The molecule has 1 aromatic rings. The predicted octanol–water partition coefficient (Wildman–Crippen LogP) is 2.47. The van der Waals surface area contributed by atoms with Crippen LogP contribution in [0.15, 0.2) is 23.3 Å². The number of nitrogens with zero attached hydrogens (tertiary/aromatic N) is 2. The Kier molecular flexibility index (Phi) is 4.77. The number of nitrogens with two attached hydrogens (primary N) is 1. The first-order chi connectivity index (χ1) is 9.23. The van der Waals surface area contributed by atoms with E-state index in [9.17, 15) is 13.2 Å². The summed E-state index contributed by atoms with van der Waals surface area (Å²) in [4.78, 5) is 0. The number of ether oxygens (including phenoxy) is 1. The SMILES string of the molecule is N#C/C(=N\Nc1ccc(OC(F)(F)F)c(Cl)c1)C(=N)N. The minimum Gasteiger partial charge on any atom is -0.404 e. The Morgan fingerprint density at radius 1 is 1.50 bits per heavy atom. The molecule has 0 unspecified atom stereocenters. The molecule has 0 spiro atoms. The van der Waals surface area contributed by atoms with Crippen LogP contribution in [-0.4, -0.2) is 17.9 Å². The second-order valence-corrected chi connectivity index (χ2v) is 3.70. The molecule has 0 aromatic heterocycles. The lowest BCUT2D eigenvalue weighted by molar-refractivity contribution is -0.274. The van der Waals surface area contributed by atoms with Gasteiger partial charge in [-0.25, -0.2) is 0 Å². The summed E-state index contributed by atoms with van der Waals surface area (Å²) in [6.45, 7) is 0. The molecule has 0 aliphatic heterocycles. The van der Waals surface area contributed by atoms with Crippen LogP contribution in [0.5, 0.6) is 5.75 Å². The van der Waals surface area contributed by atoms with Crippen molar-refractivity contribution in [1.82, 2.24) is 0 Å². The third-order valence-corrected chi connectivity index (χ3v) is 2.11. The zero-order valence-corrected chi connectivity index (χ0v) is 10.4. The van der Waals surface area contributed by atoms with Crippen molar-refractivity contribution < 1.29 is 17.9 Å². The summed E-state index contributed by atoms with van der Waals surface area (Å²) in [6, 6.07) is 4.85. The maximum atomic E-state index is 12.0. The minimum absolute atomic E-state index is 0.193. The fraction of sp³-hybridized carbons (Fsp3) is 0.100. The molecule has 20 heavy (non-hydrogen) atoms. The number of rotatable bonds is 4. The van der Waals surface area contributed by atoms with Gasteiger partial charge in [0.05, 0.1) is 10.7 Å². The summed E-state index contributed by atoms with van der Waals surface area (Å²) in [5, 5.41) is 18.8. The maximum absolute atomic E-state index is 12.0. The highest BCUT2D eigenvalue weighted by molar-refractivity contribution is 6.45. The normalized spacial score (nSPS) is 11.7. The van der Waals surface area contributed by atoms with Gasteiger partial charge >= 0.3 is 6.36 Å². The Labute approximate surface area is 116 Å². The number of hydrogen-bond donors (Lipinski definition) is 3. The van der Waals surface area contributed by atoms with Crippen LogP contribution < -0.4 is 15.9 Å². The molecule has 1 aromatic carbocycles. The zero-order chi connectivity index (χ0) is 15.3. The van der Waals surface area contributed by atoms with Gasteiger partial charge in [-0.2, -0.15) is 10.4 Å². The summed E-state index contributed by atoms with van der Waals surface area (Å²) < 4.78 is 39.7. The van der Waals surface area contributed by atoms with Gasteiger partial charge in [0.2, 0.25) is 5.71 Å². The van der Waals surface area contributed by atoms with E-state index >= 15 is 0 Å². The molecule has 0 radical (unpaired) electrons. The van der Waals surface area contributed by atoms with E-state index in [1.807, 2.05) is 0 Å². The lowest BCUT2D eigenvalue weighted by Crippen LogP contribution is -2.21. The molecule has 0 saturated heterocycles. The molecular weight excluding hydrogens is 299 g/mol. The van der Waals surface area contributed by atoms with Crippen LogP contribution in [0, 0.1) is 16.7 Å². The van der Waals surface area contributed by atoms with Crippen molar-refractivity contribution >= 4 is 28.8 Å². The average Bonchev–Trinajstić information content (AvgIpc) is 2.31. The molecule has 0 saturated carbocycles. The number of nitriles is 1. The van der Waals surface area contributed by atoms with Crippen LogP contribution in [0.2, 0.25) is 5.02 Å². The van der Waals surface area contributed by atoms with Crippen LogP contribution in [0.3, 0.4) is 0 Å². The van der Waals surface area contributed by atoms with Gasteiger partial charge in [0.25, 0.3) is 0 Å². The Morgan fingerprint density at radius 3 is 2.60 bits per heavy atom. The molecule has 1 rings (SSSR count). The molecule has 0 aliphatic carbocycles. The molecule has 106 valence electrons. The van der Waals surface area contributed by atoms with E-state index in [0.29, 0.717) is 0 Å². The lowest BCUT2D eigenvalue weighted by Gasteiger charge is -2.11. The van der Waals surface area contributed by atoms with Crippen LogP contribution in [-0.2, 0) is 0 Å². The number of anilines is 1. The molecule has 4 N–H and O–H groups in total. The third-order valence-electron chi connectivity index (χ3n) is 1.82. The van der Waals surface area contributed by atoms with Gasteiger partial charge in [0.15, 0.2) is 5.84 Å². The topological polar surface area (TPSA) is 107 Å². The second kappa shape index (κ2) is 6.12. The van der Waals surface area contributed by atoms with Gasteiger partial charge in [0, 0.05) is 0 Å². The van der Waals surface area contributed by atoms with Crippen LogP contribution in [0.25, 0.3) is 0 Å². The second-order valence-electron chi connectivity index (χ2n) is 3.29. The van der Waals surface area contributed by atoms with E-state index < -0.39 is 17.9 Å².